The van der Waals surface area contributed by atoms with E-state index in [2.05, 4.69) is 15.3 Å². The number of nitrogens with zero attached hydrogens (tertiary/aromatic N) is 3. The lowest BCUT2D eigenvalue weighted by Crippen LogP contribution is -2.39. The molecule has 1 saturated heterocycles. The molecule has 9 nitrogen and oxygen atoms in total. The molecule has 0 spiro atoms. The molecule has 184 valence electrons. The Morgan fingerprint density at radius 3 is 2.54 bits per heavy atom. The molecule has 2 amide bonds. The number of rotatable bonds is 8. The summed E-state index contributed by atoms with van der Waals surface area (Å²) in [7, 11) is 0. The molecule has 1 aromatic carbocycles. The van der Waals surface area contributed by atoms with Crippen LogP contribution in [0, 0.1) is 0 Å². The molecular weight excluding hydrogens is 446 g/mol. The normalized spacial score (nSPS) is 14.6. The number of likely N-dealkylation sites (tertiary alicyclic amines) is 1. The number of aryl methyl sites for hydroxylation is 1. The molecule has 1 aliphatic rings. The SMILES string of the molecule is CCCn1c(=O)[nH]c(=O)c2c(C(=O)NC(CN3CCCC3=O)c3ccccc3)cc(C(C)C)nc21. The quantitative estimate of drug-likeness (QED) is 0.517. The lowest BCUT2D eigenvalue weighted by atomic mass is 10.0. The fraction of sp³-hybridized carbons (Fsp3) is 0.423. The zero-order valence-electron chi connectivity index (χ0n) is 20.3. The lowest BCUT2D eigenvalue weighted by molar-refractivity contribution is -0.128. The predicted molar refractivity (Wildman–Crippen MR) is 133 cm³/mol. The van der Waals surface area contributed by atoms with Gasteiger partial charge in [0.15, 0.2) is 5.65 Å². The first-order valence-electron chi connectivity index (χ1n) is 12.1. The van der Waals surface area contributed by atoms with Crippen LogP contribution in [0.2, 0.25) is 0 Å². The average molecular weight is 478 g/mol. The number of fused-ring (bicyclic) bond motifs is 1. The number of hydrogen-bond acceptors (Lipinski definition) is 5. The van der Waals surface area contributed by atoms with Gasteiger partial charge in [-0.3, -0.25) is 23.9 Å². The summed E-state index contributed by atoms with van der Waals surface area (Å²) in [6, 6.07) is 10.6. The molecule has 2 aromatic heterocycles. The van der Waals surface area contributed by atoms with Crippen LogP contribution in [0.1, 0.15) is 73.6 Å². The maximum Gasteiger partial charge on any atom is 0.329 e. The molecule has 0 bridgehead atoms. The minimum atomic E-state index is -0.642. The van der Waals surface area contributed by atoms with Gasteiger partial charge in [0.1, 0.15) is 0 Å². The Bertz CT molecular complexity index is 1360. The standard InChI is InChI=1S/C26H31N5O4/c1-4-12-31-23-22(25(34)29-26(31)35)18(14-19(27-23)16(2)3)24(33)28-20(17-9-6-5-7-10-17)15-30-13-8-11-21(30)32/h5-7,9-10,14,16,20H,4,8,11-13,15H2,1-3H3,(H,28,33)(H,29,34,35). The highest BCUT2D eigenvalue weighted by molar-refractivity contribution is 6.05. The third kappa shape index (κ3) is 5.03. The van der Waals surface area contributed by atoms with Crippen LogP contribution >= 0.6 is 0 Å². The number of benzene rings is 1. The number of H-pyrrole nitrogens is 1. The van der Waals surface area contributed by atoms with Gasteiger partial charge in [0.2, 0.25) is 5.91 Å². The van der Waals surface area contributed by atoms with Crippen molar-refractivity contribution in [2.45, 2.75) is 58.5 Å². The van der Waals surface area contributed by atoms with E-state index in [-0.39, 0.29) is 28.4 Å². The minimum Gasteiger partial charge on any atom is -0.343 e. The van der Waals surface area contributed by atoms with Crippen molar-refractivity contribution in [3.05, 3.63) is 74.1 Å². The van der Waals surface area contributed by atoms with Crippen molar-refractivity contribution in [3.63, 3.8) is 0 Å². The third-order valence-electron chi connectivity index (χ3n) is 6.33. The van der Waals surface area contributed by atoms with Crippen LogP contribution in [0.25, 0.3) is 11.0 Å². The third-order valence-corrected chi connectivity index (χ3v) is 6.33. The molecule has 0 aliphatic carbocycles. The molecule has 0 radical (unpaired) electrons. The van der Waals surface area contributed by atoms with Crippen LogP contribution in [0.5, 0.6) is 0 Å². The monoisotopic (exact) mass is 477 g/mol. The summed E-state index contributed by atoms with van der Waals surface area (Å²) in [5, 5.41) is 3.13. The van der Waals surface area contributed by atoms with Crippen molar-refractivity contribution in [3.8, 4) is 0 Å². The second-order valence-electron chi connectivity index (χ2n) is 9.24. The van der Waals surface area contributed by atoms with Crippen LogP contribution in [-0.2, 0) is 11.3 Å². The number of amides is 2. The summed E-state index contributed by atoms with van der Waals surface area (Å²) in [5.74, 6) is -0.411. The average Bonchev–Trinajstić information content (AvgIpc) is 3.25. The van der Waals surface area contributed by atoms with E-state index < -0.39 is 23.2 Å². The van der Waals surface area contributed by atoms with E-state index in [1.807, 2.05) is 51.1 Å². The van der Waals surface area contributed by atoms with Gasteiger partial charge in [0.25, 0.3) is 11.5 Å². The van der Waals surface area contributed by atoms with Gasteiger partial charge in [0, 0.05) is 31.7 Å². The van der Waals surface area contributed by atoms with E-state index in [1.54, 1.807) is 11.0 Å². The number of pyridine rings is 1. The molecule has 2 N–H and O–H groups in total. The fourth-order valence-electron chi connectivity index (χ4n) is 4.47. The smallest absolute Gasteiger partial charge is 0.329 e. The first-order chi connectivity index (χ1) is 16.8. The Morgan fingerprint density at radius 2 is 1.91 bits per heavy atom. The molecule has 1 fully saturated rings. The molecule has 1 atom stereocenters. The Hall–Kier alpha value is -3.75. The Kier molecular flexibility index (Phi) is 7.14. The van der Waals surface area contributed by atoms with Crippen molar-refractivity contribution in [2.24, 2.45) is 0 Å². The van der Waals surface area contributed by atoms with Crippen LogP contribution in [0.3, 0.4) is 0 Å². The fourth-order valence-corrected chi connectivity index (χ4v) is 4.47. The molecule has 0 saturated carbocycles. The van der Waals surface area contributed by atoms with E-state index in [1.165, 1.54) is 4.57 Å². The molecule has 4 rings (SSSR count). The zero-order chi connectivity index (χ0) is 25.1. The lowest BCUT2D eigenvalue weighted by Gasteiger charge is -2.25. The van der Waals surface area contributed by atoms with Crippen molar-refractivity contribution in [1.82, 2.24) is 24.8 Å². The van der Waals surface area contributed by atoms with Gasteiger partial charge in [-0.2, -0.15) is 0 Å². The van der Waals surface area contributed by atoms with Gasteiger partial charge >= 0.3 is 5.69 Å². The number of aromatic nitrogens is 3. The van der Waals surface area contributed by atoms with Crippen LogP contribution < -0.4 is 16.6 Å². The van der Waals surface area contributed by atoms with E-state index in [9.17, 15) is 19.2 Å². The summed E-state index contributed by atoms with van der Waals surface area (Å²) in [4.78, 5) is 60.1. The Morgan fingerprint density at radius 1 is 1.17 bits per heavy atom. The van der Waals surface area contributed by atoms with E-state index in [0.717, 1.165) is 12.0 Å². The summed E-state index contributed by atoms with van der Waals surface area (Å²) in [5.41, 5.74) is 0.666. The summed E-state index contributed by atoms with van der Waals surface area (Å²) in [6.07, 6.45) is 1.97. The van der Waals surface area contributed by atoms with E-state index in [0.29, 0.717) is 38.2 Å². The maximum absolute atomic E-state index is 13.7. The van der Waals surface area contributed by atoms with Gasteiger partial charge in [-0.1, -0.05) is 51.1 Å². The van der Waals surface area contributed by atoms with Crippen molar-refractivity contribution >= 4 is 22.8 Å². The summed E-state index contributed by atoms with van der Waals surface area (Å²) >= 11 is 0. The van der Waals surface area contributed by atoms with Crippen LogP contribution in [0.4, 0.5) is 0 Å². The molecule has 1 aliphatic heterocycles. The van der Waals surface area contributed by atoms with Crippen molar-refractivity contribution in [1.29, 1.82) is 0 Å². The van der Waals surface area contributed by atoms with Crippen molar-refractivity contribution < 1.29 is 9.59 Å². The van der Waals surface area contributed by atoms with Gasteiger partial charge in [-0.05, 0) is 30.4 Å². The molecule has 9 heteroatoms. The van der Waals surface area contributed by atoms with Crippen LogP contribution in [-0.4, -0.2) is 44.3 Å². The zero-order valence-corrected chi connectivity index (χ0v) is 20.3. The second-order valence-corrected chi connectivity index (χ2v) is 9.24. The van der Waals surface area contributed by atoms with E-state index >= 15 is 0 Å². The Balaban J connectivity index is 1.81. The number of carbonyl (C=O) groups is 2. The Labute approximate surface area is 203 Å². The van der Waals surface area contributed by atoms with Gasteiger partial charge in [-0.25, -0.2) is 9.78 Å². The highest BCUT2D eigenvalue weighted by atomic mass is 16.2. The van der Waals surface area contributed by atoms with Crippen molar-refractivity contribution in [2.75, 3.05) is 13.1 Å². The first kappa shape index (κ1) is 24.4. The predicted octanol–water partition coefficient (Wildman–Crippen LogP) is 2.71. The van der Waals surface area contributed by atoms with Gasteiger partial charge in [0.05, 0.1) is 17.0 Å². The highest BCUT2D eigenvalue weighted by Gasteiger charge is 2.27. The molecule has 3 heterocycles. The number of hydrogen-bond donors (Lipinski definition) is 2. The molecule has 3 aromatic rings. The topological polar surface area (TPSA) is 117 Å². The summed E-state index contributed by atoms with van der Waals surface area (Å²) in [6.45, 7) is 7.16. The second kappa shape index (κ2) is 10.2. The van der Waals surface area contributed by atoms with Gasteiger partial charge < -0.3 is 10.2 Å². The summed E-state index contributed by atoms with van der Waals surface area (Å²) < 4.78 is 1.41. The number of nitrogens with one attached hydrogen (secondary N) is 2. The molecular formula is C26H31N5O4. The number of aromatic amines is 1. The van der Waals surface area contributed by atoms with Crippen LogP contribution in [0.15, 0.2) is 46.0 Å². The molecule has 35 heavy (non-hydrogen) atoms. The van der Waals surface area contributed by atoms with Gasteiger partial charge in [-0.15, -0.1) is 0 Å². The maximum atomic E-state index is 13.7. The first-order valence-corrected chi connectivity index (χ1v) is 12.1. The molecule has 1 unspecified atom stereocenters. The minimum absolute atomic E-state index is 0.0254. The number of carbonyl (C=O) groups excluding carboxylic acids is 2. The largest absolute Gasteiger partial charge is 0.343 e. The van der Waals surface area contributed by atoms with E-state index in [4.69, 9.17) is 0 Å². The highest BCUT2D eigenvalue weighted by Crippen LogP contribution is 2.23.